The van der Waals surface area contributed by atoms with Crippen LogP contribution in [0.3, 0.4) is 0 Å². The molecule has 1 unspecified atom stereocenters. The molecular formula is C19H15BrF3N3O4S. The first kappa shape index (κ1) is 21.8. The fourth-order valence-electron chi connectivity index (χ4n) is 3.10. The van der Waals surface area contributed by atoms with E-state index < -0.39 is 22.1 Å². The van der Waals surface area contributed by atoms with Gasteiger partial charge in [0.2, 0.25) is 15.8 Å². The van der Waals surface area contributed by atoms with Crippen LogP contribution in [-0.4, -0.2) is 42.1 Å². The van der Waals surface area contributed by atoms with Gasteiger partial charge < -0.3 is 9.26 Å². The minimum Gasteiger partial charge on any atom is -0.489 e. The Morgan fingerprint density at radius 1 is 1.10 bits per heavy atom. The maximum Gasteiger partial charge on any atom is 0.471 e. The Morgan fingerprint density at radius 2 is 1.77 bits per heavy atom. The van der Waals surface area contributed by atoms with Gasteiger partial charge in [-0.05, 0) is 55.0 Å². The van der Waals surface area contributed by atoms with Gasteiger partial charge in [0.15, 0.2) is 0 Å². The van der Waals surface area contributed by atoms with Crippen molar-refractivity contribution >= 4 is 26.0 Å². The van der Waals surface area contributed by atoms with Gasteiger partial charge in [-0.2, -0.15) is 22.5 Å². The van der Waals surface area contributed by atoms with Crippen molar-refractivity contribution < 1.29 is 30.8 Å². The predicted octanol–water partition coefficient (Wildman–Crippen LogP) is 4.36. The Hall–Kier alpha value is -2.44. The molecule has 0 radical (unpaired) electrons. The molecule has 3 aromatic rings. The summed E-state index contributed by atoms with van der Waals surface area (Å²) in [6, 6.07) is 12.5. The minimum atomic E-state index is -4.71. The molecule has 4 rings (SSSR count). The van der Waals surface area contributed by atoms with E-state index in [4.69, 9.17) is 4.74 Å². The molecule has 31 heavy (non-hydrogen) atoms. The van der Waals surface area contributed by atoms with Gasteiger partial charge in [0.05, 0.1) is 11.4 Å². The number of nitrogens with zero attached hydrogens (tertiary/aromatic N) is 3. The van der Waals surface area contributed by atoms with Crippen molar-refractivity contribution in [3.05, 3.63) is 58.9 Å². The highest BCUT2D eigenvalue weighted by molar-refractivity contribution is 9.10. The summed E-state index contributed by atoms with van der Waals surface area (Å²) in [5, 5.41) is 3.33. The molecule has 1 atom stereocenters. The summed E-state index contributed by atoms with van der Waals surface area (Å²) in [5.41, 5.74) is 0.331. The van der Waals surface area contributed by atoms with E-state index in [1.165, 1.54) is 28.6 Å². The van der Waals surface area contributed by atoms with E-state index in [0.717, 1.165) is 4.47 Å². The molecule has 1 aliphatic heterocycles. The van der Waals surface area contributed by atoms with Crippen LogP contribution in [0.25, 0.3) is 11.4 Å². The minimum absolute atomic E-state index is 0.188. The van der Waals surface area contributed by atoms with Crippen molar-refractivity contribution in [2.75, 3.05) is 13.1 Å². The van der Waals surface area contributed by atoms with Crippen LogP contribution in [0, 0.1) is 0 Å². The van der Waals surface area contributed by atoms with Crippen molar-refractivity contribution in [3.63, 3.8) is 0 Å². The van der Waals surface area contributed by atoms with E-state index >= 15 is 0 Å². The number of sulfonamides is 1. The predicted molar refractivity (Wildman–Crippen MR) is 107 cm³/mol. The number of halogens is 4. The SMILES string of the molecule is O=S(=O)(c1ccc(Br)cc1)N1CCC(Oc2ccc(-c3noc(C(F)(F)F)n3)cc2)C1. The zero-order valence-electron chi connectivity index (χ0n) is 15.7. The summed E-state index contributed by atoms with van der Waals surface area (Å²) in [6.45, 7) is 0.518. The van der Waals surface area contributed by atoms with E-state index in [0.29, 0.717) is 24.3 Å². The topological polar surface area (TPSA) is 85.5 Å². The Balaban J connectivity index is 1.40. The maximum atomic E-state index is 12.8. The summed E-state index contributed by atoms with van der Waals surface area (Å²) >= 11 is 3.28. The number of benzene rings is 2. The molecule has 164 valence electrons. The number of hydrogen-bond donors (Lipinski definition) is 0. The van der Waals surface area contributed by atoms with Crippen molar-refractivity contribution in [1.29, 1.82) is 0 Å². The van der Waals surface area contributed by atoms with Gasteiger partial charge in [-0.15, -0.1) is 0 Å². The van der Waals surface area contributed by atoms with Crippen molar-refractivity contribution in [3.8, 4) is 17.1 Å². The number of rotatable bonds is 5. The normalized spacial score (nSPS) is 17.7. The molecule has 1 aromatic heterocycles. The van der Waals surface area contributed by atoms with E-state index in [-0.39, 0.29) is 23.4 Å². The van der Waals surface area contributed by atoms with Crippen LogP contribution in [0.2, 0.25) is 0 Å². The number of ether oxygens (including phenoxy) is 1. The third-order valence-electron chi connectivity index (χ3n) is 4.64. The molecule has 1 aliphatic rings. The van der Waals surface area contributed by atoms with Gasteiger partial charge in [0, 0.05) is 16.6 Å². The summed E-state index contributed by atoms with van der Waals surface area (Å²) < 4.78 is 75.5. The van der Waals surface area contributed by atoms with Gasteiger partial charge >= 0.3 is 12.1 Å². The molecule has 7 nitrogen and oxygen atoms in total. The molecule has 12 heteroatoms. The van der Waals surface area contributed by atoms with Crippen LogP contribution in [0.4, 0.5) is 13.2 Å². The van der Waals surface area contributed by atoms with E-state index in [9.17, 15) is 21.6 Å². The van der Waals surface area contributed by atoms with Crippen LogP contribution in [0.5, 0.6) is 5.75 Å². The van der Waals surface area contributed by atoms with E-state index in [2.05, 4.69) is 30.6 Å². The lowest BCUT2D eigenvalue weighted by Crippen LogP contribution is -2.31. The smallest absolute Gasteiger partial charge is 0.471 e. The molecule has 0 N–H and O–H groups in total. The molecule has 2 heterocycles. The number of hydrogen-bond acceptors (Lipinski definition) is 6. The zero-order valence-corrected chi connectivity index (χ0v) is 18.1. The third-order valence-corrected chi connectivity index (χ3v) is 7.05. The molecular weight excluding hydrogens is 503 g/mol. The second-order valence-corrected chi connectivity index (χ2v) is 9.64. The van der Waals surface area contributed by atoms with Crippen LogP contribution < -0.4 is 4.74 Å². The second kappa shape index (κ2) is 8.24. The highest BCUT2D eigenvalue weighted by Crippen LogP contribution is 2.30. The highest BCUT2D eigenvalue weighted by atomic mass is 79.9. The average molecular weight is 518 g/mol. The molecule has 1 saturated heterocycles. The summed E-state index contributed by atoms with van der Waals surface area (Å²) in [4.78, 5) is 3.54. The summed E-state index contributed by atoms with van der Waals surface area (Å²) in [5.74, 6) is -1.15. The van der Waals surface area contributed by atoms with Crippen LogP contribution in [-0.2, 0) is 16.2 Å². The Kier molecular flexibility index (Phi) is 5.79. The summed E-state index contributed by atoms with van der Waals surface area (Å²) in [7, 11) is -3.62. The lowest BCUT2D eigenvalue weighted by Gasteiger charge is -2.17. The largest absolute Gasteiger partial charge is 0.489 e. The summed E-state index contributed by atoms with van der Waals surface area (Å²) in [6.07, 6.45) is -4.55. The van der Waals surface area contributed by atoms with Gasteiger partial charge in [-0.3, -0.25) is 0 Å². The second-order valence-electron chi connectivity index (χ2n) is 6.79. The Labute approximate surface area is 184 Å². The molecule has 0 amide bonds. The number of aromatic nitrogens is 2. The van der Waals surface area contributed by atoms with E-state index in [1.54, 1.807) is 24.3 Å². The standard InChI is InChI=1S/C19H15BrF3N3O4S/c20-13-3-7-16(8-4-13)31(27,28)26-10-9-15(11-26)29-14-5-1-12(2-6-14)17-24-18(30-25-17)19(21,22)23/h1-8,15H,9-11H2. The van der Waals surface area contributed by atoms with Gasteiger partial charge in [0.1, 0.15) is 11.9 Å². The molecule has 2 aromatic carbocycles. The van der Waals surface area contributed by atoms with E-state index in [1.807, 2.05) is 0 Å². The van der Waals surface area contributed by atoms with Gasteiger partial charge in [-0.25, -0.2) is 8.42 Å². The average Bonchev–Trinajstić information content (AvgIpc) is 3.39. The molecule has 1 fully saturated rings. The van der Waals surface area contributed by atoms with Crippen LogP contribution >= 0.6 is 15.9 Å². The third kappa shape index (κ3) is 4.75. The fraction of sp³-hybridized carbons (Fsp3) is 0.263. The Morgan fingerprint density at radius 3 is 2.39 bits per heavy atom. The van der Waals surface area contributed by atoms with Crippen LogP contribution in [0.15, 0.2) is 62.4 Å². The Bertz CT molecular complexity index is 1170. The van der Waals surface area contributed by atoms with Crippen LogP contribution in [0.1, 0.15) is 12.3 Å². The molecule has 0 bridgehead atoms. The monoisotopic (exact) mass is 517 g/mol. The highest BCUT2D eigenvalue weighted by Gasteiger charge is 2.38. The fourth-order valence-corrected chi connectivity index (χ4v) is 4.85. The number of alkyl halides is 3. The first-order valence-corrected chi connectivity index (χ1v) is 11.3. The van der Waals surface area contributed by atoms with Crippen molar-refractivity contribution in [1.82, 2.24) is 14.4 Å². The van der Waals surface area contributed by atoms with Crippen molar-refractivity contribution in [2.24, 2.45) is 0 Å². The van der Waals surface area contributed by atoms with Gasteiger partial charge in [-0.1, -0.05) is 21.1 Å². The van der Waals surface area contributed by atoms with Crippen molar-refractivity contribution in [2.45, 2.75) is 23.6 Å². The quantitative estimate of drug-likeness (QED) is 0.499. The lowest BCUT2D eigenvalue weighted by atomic mass is 10.2. The molecule has 0 spiro atoms. The molecule has 0 saturated carbocycles. The first-order chi connectivity index (χ1) is 14.6. The first-order valence-electron chi connectivity index (χ1n) is 9.06. The van der Waals surface area contributed by atoms with Gasteiger partial charge in [0.25, 0.3) is 0 Å². The zero-order chi connectivity index (χ0) is 22.2. The molecule has 0 aliphatic carbocycles. The maximum absolute atomic E-state index is 12.8. The lowest BCUT2D eigenvalue weighted by molar-refractivity contribution is -0.159.